The average Bonchev–Trinajstić information content (AvgIpc) is 3.02. The standard InChI is InChI=1S/C8H13Ge.3C3H8N.Zr/c1-9(2,3)8-6-4-5-7-8;3*1-2-3-4;/h4-7H,1-3H3;3*4H,2-3H2,1H3;/q4*-1;+4. The van der Waals surface area contributed by atoms with E-state index < -0.39 is 13.3 Å². The fourth-order valence-corrected chi connectivity index (χ4v) is 3.38. The van der Waals surface area contributed by atoms with Gasteiger partial charge in [-0.3, -0.25) is 0 Å². The van der Waals surface area contributed by atoms with Crippen molar-refractivity contribution in [2.75, 3.05) is 19.6 Å². The van der Waals surface area contributed by atoms with Crippen LogP contribution in [-0.4, -0.2) is 32.9 Å². The molecule has 1 aromatic carbocycles. The van der Waals surface area contributed by atoms with Crippen molar-refractivity contribution in [2.45, 2.75) is 57.3 Å². The summed E-state index contributed by atoms with van der Waals surface area (Å²) in [6.07, 6.45) is 2.96. The third-order valence-electron chi connectivity index (χ3n) is 2.28. The molecular weight excluding hydrogens is 410 g/mol. The van der Waals surface area contributed by atoms with Gasteiger partial charge in [0, 0.05) is 0 Å². The molecule has 22 heavy (non-hydrogen) atoms. The summed E-state index contributed by atoms with van der Waals surface area (Å²) in [5.74, 6) is 7.24. The first-order chi connectivity index (χ1) is 9.85. The SMILES string of the molecule is CCC[NH-].CCC[NH-].CCC[NH-].[CH3][Ge]([CH3])([CH3])[c-]1cccc1.[Zr+4]. The monoisotopic (exact) mass is 447 g/mol. The van der Waals surface area contributed by atoms with Crippen LogP contribution in [0.15, 0.2) is 24.3 Å². The van der Waals surface area contributed by atoms with Crippen LogP contribution in [0.1, 0.15) is 40.0 Å². The summed E-state index contributed by atoms with van der Waals surface area (Å²) in [6, 6.07) is 8.76. The summed E-state index contributed by atoms with van der Waals surface area (Å²) in [6.45, 7) is 7.69. The van der Waals surface area contributed by atoms with E-state index in [1.54, 1.807) is 4.40 Å². The number of nitrogens with one attached hydrogen (secondary N) is 3. The van der Waals surface area contributed by atoms with Crippen molar-refractivity contribution in [3.8, 4) is 0 Å². The summed E-state index contributed by atoms with van der Waals surface area (Å²) in [4.78, 5) is 0. The quantitative estimate of drug-likeness (QED) is 0.384. The number of rotatable bonds is 4. The average molecular weight is 447 g/mol. The second-order valence-corrected chi connectivity index (χ2v) is 16.3. The van der Waals surface area contributed by atoms with Gasteiger partial charge in [-0.25, -0.2) is 0 Å². The molecule has 3 N–H and O–H groups in total. The number of hydrogen-bond acceptors (Lipinski definition) is 0. The molecule has 0 bridgehead atoms. The van der Waals surface area contributed by atoms with E-state index >= 15 is 0 Å². The molecule has 0 unspecified atom stereocenters. The molecule has 0 heterocycles. The minimum atomic E-state index is -1.44. The first-order valence-corrected chi connectivity index (χ1v) is 15.4. The minimum absolute atomic E-state index is 0. The van der Waals surface area contributed by atoms with Crippen molar-refractivity contribution in [3.05, 3.63) is 41.5 Å². The molecule has 0 saturated carbocycles. The Kier molecular flexibility index (Phi) is 33.2. The van der Waals surface area contributed by atoms with Gasteiger partial charge >= 0.3 is 85.4 Å². The van der Waals surface area contributed by atoms with Crippen LogP contribution in [0, 0.1) is 0 Å². The Morgan fingerprint density at radius 3 is 1.05 bits per heavy atom. The summed E-state index contributed by atoms with van der Waals surface area (Å²) in [5.41, 5.74) is 19.4. The zero-order chi connectivity index (χ0) is 17.1. The minimum Gasteiger partial charge on any atom is 4.00 e. The van der Waals surface area contributed by atoms with E-state index in [9.17, 15) is 0 Å². The largest absolute Gasteiger partial charge is 4.00 e. The molecule has 5 heteroatoms. The predicted octanol–water partition coefficient (Wildman–Crippen LogP) is 6.29. The van der Waals surface area contributed by atoms with Gasteiger partial charge in [-0.2, -0.15) is 19.6 Å². The van der Waals surface area contributed by atoms with Gasteiger partial charge in [0.2, 0.25) is 0 Å². The maximum Gasteiger partial charge on any atom is 4.00 e. The van der Waals surface area contributed by atoms with E-state index in [1.807, 2.05) is 20.8 Å². The Bertz CT molecular complexity index is 244. The van der Waals surface area contributed by atoms with Gasteiger partial charge in [-0.15, -0.1) is 0 Å². The first-order valence-electron chi connectivity index (χ1n) is 8.01. The molecular formula is C17H37GeN3Zr. The van der Waals surface area contributed by atoms with Gasteiger partial charge < -0.3 is 17.2 Å². The van der Waals surface area contributed by atoms with Crippen LogP contribution >= 0.6 is 0 Å². The van der Waals surface area contributed by atoms with Gasteiger partial charge in [0.1, 0.15) is 0 Å². The van der Waals surface area contributed by atoms with Crippen LogP contribution in [0.5, 0.6) is 0 Å². The van der Waals surface area contributed by atoms with Crippen LogP contribution in [-0.2, 0) is 26.2 Å². The molecule has 0 atom stereocenters. The summed E-state index contributed by atoms with van der Waals surface area (Å²) < 4.78 is 1.61. The maximum absolute atomic E-state index is 6.45. The van der Waals surface area contributed by atoms with Crippen molar-refractivity contribution in [1.82, 2.24) is 0 Å². The Balaban J connectivity index is -0.000000107. The van der Waals surface area contributed by atoms with Gasteiger partial charge in [0.05, 0.1) is 0 Å². The van der Waals surface area contributed by atoms with Gasteiger partial charge in [0.25, 0.3) is 0 Å². The Hall–Kier alpha value is 0.656. The second-order valence-electron chi connectivity index (χ2n) is 5.67. The van der Waals surface area contributed by atoms with E-state index in [4.69, 9.17) is 17.2 Å². The van der Waals surface area contributed by atoms with Crippen LogP contribution < -0.4 is 4.40 Å². The first kappa shape index (κ1) is 30.5. The van der Waals surface area contributed by atoms with Gasteiger partial charge in [-0.1, -0.05) is 40.0 Å². The van der Waals surface area contributed by atoms with Gasteiger partial charge in [-0.05, 0) is 0 Å². The Morgan fingerprint density at radius 1 is 0.727 bits per heavy atom. The predicted molar refractivity (Wildman–Crippen MR) is 103 cm³/mol. The van der Waals surface area contributed by atoms with Crippen molar-refractivity contribution >= 4 is 17.7 Å². The molecule has 3 nitrogen and oxygen atoms in total. The smallest absolute Gasteiger partial charge is 4.00 e. The zero-order valence-corrected chi connectivity index (χ0v) is 20.1. The molecule has 1 aromatic rings. The topological polar surface area (TPSA) is 71.4 Å². The van der Waals surface area contributed by atoms with Crippen LogP contribution in [0.4, 0.5) is 0 Å². The van der Waals surface area contributed by atoms with Gasteiger partial charge in [0.15, 0.2) is 0 Å². The molecule has 0 amide bonds. The Labute approximate surface area is 161 Å². The van der Waals surface area contributed by atoms with Crippen molar-refractivity contribution in [3.63, 3.8) is 0 Å². The molecule has 0 aliphatic carbocycles. The van der Waals surface area contributed by atoms with E-state index in [1.165, 1.54) is 0 Å². The fraction of sp³-hybridized carbons (Fsp3) is 0.706. The molecule has 0 spiro atoms. The molecule has 0 aliphatic rings. The van der Waals surface area contributed by atoms with Crippen molar-refractivity contribution in [1.29, 1.82) is 0 Å². The maximum atomic E-state index is 6.45. The van der Waals surface area contributed by atoms with E-state index in [0.717, 1.165) is 19.3 Å². The van der Waals surface area contributed by atoms with Crippen LogP contribution in [0.25, 0.3) is 17.2 Å². The summed E-state index contributed by atoms with van der Waals surface area (Å²) >= 11 is -1.44. The summed E-state index contributed by atoms with van der Waals surface area (Å²) in [7, 11) is 0. The zero-order valence-electron chi connectivity index (χ0n) is 15.6. The van der Waals surface area contributed by atoms with Crippen LogP contribution in [0.2, 0.25) is 17.3 Å². The Morgan fingerprint density at radius 2 is 0.955 bits per heavy atom. The third kappa shape index (κ3) is 28.8. The molecule has 0 radical (unpaired) electrons. The fourth-order valence-electron chi connectivity index (χ4n) is 0.874. The second kappa shape index (κ2) is 23.9. The number of hydrogen-bond donors (Lipinski definition) is 0. The van der Waals surface area contributed by atoms with E-state index in [0.29, 0.717) is 19.6 Å². The molecule has 1 rings (SSSR count). The molecule has 0 aromatic heterocycles. The molecule has 0 saturated heterocycles. The molecule has 0 fully saturated rings. The van der Waals surface area contributed by atoms with E-state index in [2.05, 4.69) is 41.5 Å². The summed E-state index contributed by atoms with van der Waals surface area (Å²) in [5, 5.41) is 0. The van der Waals surface area contributed by atoms with E-state index in [-0.39, 0.29) is 26.2 Å². The van der Waals surface area contributed by atoms with Crippen molar-refractivity contribution in [2.24, 2.45) is 0 Å². The van der Waals surface area contributed by atoms with Crippen molar-refractivity contribution < 1.29 is 26.2 Å². The normalized spacial score (nSPS) is 8.95. The molecule has 128 valence electrons. The van der Waals surface area contributed by atoms with Crippen LogP contribution in [0.3, 0.4) is 0 Å². The third-order valence-corrected chi connectivity index (χ3v) is 6.61. The molecule has 0 aliphatic heterocycles.